The number of nitrogens with zero attached hydrogens (tertiary/aromatic N) is 6. The van der Waals surface area contributed by atoms with Crippen molar-refractivity contribution in [1.82, 2.24) is 29.4 Å². The summed E-state index contributed by atoms with van der Waals surface area (Å²) in [6.45, 7) is 5.05. The molecule has 3 aromatic heterocycles. The van der Waals surface area contributed by atoms with Crippen LogP contribution in [0.25, 0.3) is 5.82 Å². The summed E-state index contributed by atoms with van der Waals surface area (Å²) in [5.41, 5.74) is 2.33. The SMILES string of the molecule is Cc1nccn1-c1cncc(C2CCCN(Cc3cccnc3)C2)n1. The smallest absolute Gasteiger partial charge is 0.156 e. The Morgan fingerprint density at radius 2 is 2.12 bits per heavy atom. The number of aryl methyl sites for hydroxylation is 1. The Labute approximate surface area is 147 Å². The molecule has 0 amide bonds. The van der Waals surface area contributed by atoms with E-state index in [0.29, 0.717) is 5.92 Å². The topological polar surface area (TPSA) is 59.7 Å². The molecule has 0 N–H and O–H groups in total. The molecule has 0 bridgehead atoms. The summed E-state index contributed by atoms with van der Waals surface area (Å²) in [5.74, 6) is 2.19. The lowest BCUT2D eigenvalue weighted by atomic mass is 9.94. The average molecular weight is 334 g/mol. The molecule has 3 aromatic rings. The number of hydrogen-bond acceptors (Lipinski definition) is 5. The Kier molecular flexibility index (Phi) is 4.52. The third kappa shape index (κ3) is 3.58. The fraction of sp³-hybridized carbons (Fsp3) is 0.368. The molecule has 1 aliphatic heterocycles. The van der Waals surface area contributed by atoms with Crippen LogP contribution in [0.15, 0.2) is 49.3 Å². The van der Waals surface area contributed by atoms with E-state index in [9.17, 15) is 0 Å². The summed E-state index contributed by atoms with van der Waals surface area (Å²) in [4.78, 5) is 20.3. The van der Waals surface area contributed by atoms with Crippen LogP contribution in [0, 0.1) is 6.92 Å². The second kappa shape index (κ2) is 7.11. The van der Waals surface area contributed by atoms with Crippen molar-refractivity contribution in [3.63, 3.8) is 0 Å². The van der Waals surface area contributed by atoms with Gasteiger partial charge in [0.25, 0.3) is 0 Å². The van der Waals surface area contributed by atoms with E-state index in [4.69, 9.17) is 4.98 Å². The Hall–Kier alpha value is -2.60. The van der Waals surface area contributed by atoms with Crippen LogP contribution in [-0.2, 0) is 6.54 Å². The first kappa shape index (κ1) is 15.9. The summed E-state index contributed by atoms with van der Waals surface area (Å²) >= 11 is 0. The normalized spacial score (nSPS) is 18.4. The first-order valence-corrected chi connectivity index (χ1v) is 8.73. The number of hydrogen-bond donors (Lipinski definition) is 0. The van der Waals surface area contributed by atoms with Gasteiger partial charge in [-0.25, -0.2) is 9.97 Å². The molecule has 1 fully saturated rings. The molecule has 4 heterocycles. The summed E-state index contributed by atoms with van der Waals surface area (Å²) < 4.78 is 1.98. The van der Waals surface area contributed by atoms with E-state index in [-0.39, 0.29) is 0 Å². The molecule has 0 aliphatic carbocycles. The van der Waals surface area contributed by atoms with Gasteiger partial charge in [-0.05, 0) is 37.9 Å². The van der Waals surface area contributed by atoms with Gasteiger partial charge in [-0.15, -0.1) is 0 Å². The van der Waals surface area contributed by atoms with E-state index in [1.165, 1.54) is 12.0 Å². The Morgan fingerprint density at radius 1 is 1.16 bits per heavy atom. The monoisotopic (exact) mass is 334 g/mol. The highest BCUT2D eigenvalue weighted by molar-refractivity contribution is 5.24. The second-order valence-electron chi connectivity index (χ2n) is 6.58. The molecule has 128 valence electrons. The molecular weight excluding hydrogens is 312 g/mol. The fourth-order valence-corrected chi connectivity index (χ4v) is 3.49. The van der Waals surface area contributed by atoms with Gasteiger partial charge in [-0.1, -0.05) is 6.07 Å². The van der Waals surface area contributed by atoms with E-state index in [0.717, 1.165) is 43.4 Å². The maximum atomic E-state index is 4.86. The quantitative estimate of drug-likeness (QED) is 0.734. The fourth-order valence-electron chi connectivity index (χ4n) is 3.49. The number of imidazole rings is 1. The molecular formula is C19H22N6. The minimum atomic E-state index is 0.418. The third-order valence-electron chi connectivity index (χ3n) is 4.77. The van der Waals surface area contributed by atoms with E-state index in [1.54, 1.807) is 12.4 Å². The van der Waals surface area contributed by atoms with Crippen LogP contribution in [0.5, 0.6) is 0 Å². The number of aromatic nitrogens is 5. The number of rotatable bonds is 4. The second-order valence-corrected chi connectivity index (χ2v) is 6.58. The highest BCUT2D eigenvalue weighted by Gasteiger charge is 2.23. The van der Waals surface area contributed by atoms with Crippen LogP contribution in [0.1, 0.15) is 35.8 Å². The molecule has 1 unspecified atom stereocenters. The molecule has 1 aliphatic rings. The first-order chi connectivity index (χ1) is 12.3. The minimum absolute atomic E-state index is 0.418. The Balaban J connectivity index is 1.51. The Morgan fingerprint density at radius 3 is 2.92 bits per heavy atom. The van der Waals surface area contributed by atoms with Crippen molar-refractivity contribution in [2.45, 2.75) is 32.2 Å². The number of piperidine rings is 1. The van der Waals surface area contributed by atoms with Crippen LogP contribution >= 0.6 is 0 Å². The lowest BCUT2D eigenvalue weighted by Crippen LogP contribution is -2.34. The molecule has 6 heteroatoms. The predicted molar refractivity (Wildman–Crippen MR) is 95.4 cm³/mol. The standard InChI is InChI=1S/C19H22N6/c1-15-22-7-9-25(15)19-12-21-11-18(23-19)17-5-3-8-24(14-17)13-16-4-2-6-20-10-16/h2,4,6-7,9-12,17H,3,5,8,13-14H2,1H3. The zero-order chi connectivity index (χ0) is 17.1. The van der Waals surface area contributed by atoms with E-state index in [2.05, 4.69) is 25.9 Å². The molecule has 25 heavy (non-hydrogen) atoms. The van der Waals surface area contributed by atoms with Gasteiger partial charge in [0.05, 0.1) is 11.9 Å². The maximum Gasteiger partial charge on any atom is 0.156 e. The van der Waals surface area contributed by atoms with Crippen molar-refractivity contribution in [3.05, 3.63) is 66.4 Å². The van der Waals surface area contributed by atoms with Crippen LogP contribution in [0.2, 0.25) is 0 Å². The van der Waals surface area contributed by atoms with Crippen molar-refractivity contribution in [1.29, 1.82) is 0 Å². The molecule has 1 saturated heterocycles. The van der Waals surface area contributed by atoms with Gasteiger partial charge in [-0.3, -0.25) is 19.4 Å². The van der Waals surface area contributed by atoms with Gasteiger partial charge in [0.2, 0.25) is 0 Å². The van der Waals surface area contributed by atoms with Gasteiger partial charge in [0, 0.05) is 50.0 Å². The lowest BCUT2D eigenvalue weighted by molar-refractivity contribution is 0.198. The van der Waals surface area contributed by atoms with Crippen molar-refractivity contribution in [3.8, 4) is 5.82 Å². The van der Waals surface area contributed by atoms with E-state index >= 15 is 0 Å². The number of pyridine rings is 1. The van der Waals surface area contributed by atoms with Crippen LogP contribution in [0.4, 0.5) is 0 Å². The van der Waals surface area contributed by atoms with E-state index < -0.39 is 0 Å². The molecule has 6 nitrogen and oxygen atoms in total. The summed E-state index contributed by atoms with van der Waals surface area (Å²) in [6.07, 6.45) is 13.5. The Bertz CT molecular complexity index is 829. The highest BCUT2D eigenvalue weighted by atomic mass is 15.1. The zero-order valence-corrected chi connectivity index (χ0v) is 14.4. The van der Waals surface area contributed by atoms with Crippen molar-refractivity contribution in [2.24, 2.45) is 0 Å². The van der Waals surface area contributed by atoms with Crippen molar-refractivity contribution in [2.75, 3.05) is 13.1 Å². The zero-order valence-electron chi connectivity index (χ0n) is 14.4. The van der Waals surface area contributed by atoms with Gasteiger partial charge in [-0.2, -0.15) is 0 Å². The van der Waals surface area contributed by atoms with Gasteiger partial charge in [0.1, 0.15) is 5.82 Å². The molecule has 0 radical (unpaired) electrons. The minimum Gasteiger partial charge on any atom is -0.298 e. The lowest BCUT2D eigenvalue weighted by Gasteiger charge is -2.32. The van der Waals surface area contributed by atoms with Crippen LogP contribution in [0.3, 0.4) is 0 Å². The number of likely N-dealkylation sites (tertiary alicyclic amines) is 1. The highest BCUT2D eigenvalue weighted by Crippen LogP contribution is 2.26. The van der Waals surface area contributed by atoms with Gasteiger partial charge in [0.15, 0.2) is 5.82 Å². The van der Waals surface area contributed by atoms with Crippen molar-refractivity contribution < 1.29 is 0 Å². The summed E-state index contributed by atoms with van der Waals surface area (Å²) in [6, 6.07) is 4.14. The molecule has 0 saturated carbocycles. The van der Waals surface area contributed by atoms with Gasteiger partial charge < -0.3 is 0 Å². The molecule has 4 rings (SSSR count). The average Bonchev–Trinajstić information content (AvgIpc) is 3.09. The summed E-state index contributed by atoms with van der Waals surface area (Å²) in [7, 11) is 0. The molecule has 0 spiro atoms. The molecule has 1 atom stereocenters. The van der Waals surface area contributed by atoms with Crippen LogP contribution in [-0.4, -0.2) is 42.5 Å². The predicted octanol–water partition coefficient (Wildman–Crippen LogP) is 2.75. The largest absolute Gasteiger partial charge is 0.298 e. The van der Waals surface area contributed by atoms with Gasteiger partial charge >= 0.3 is 0 Å². The van der Waals surface area contributed by atoms with E-state index in [1.807, 2.05) is 42.3 Å². The van der Waals surface area contributed by atoms with Crippen molar-refractivity contribution >= 4 is 0 Å². The summed E-state index contributed by atoms with van der Waals surface area (Å²) in [5, 5.41) is 0. The third-order valence-corrected chi connectivity index (χ3v) is 4.77. The van der Waals surface area contributed by atoms with Crippen LogP contribution < -0.4 is 0 Å². The maximum absolute atomic E-state index is 4.86. The molecule has 0 aromatic carbocycles. The first-order valence-electron chi connectivity index (χ1n) is 8.73.